The van der Waals surface area contributed by atoms with Crippen molar-refractivity contribution in [2.75, 3.05) is 12.4 Å². The second-order valence-electron chi connectivity index (χ2n) is 7.68. The van der Waals surface area contributed by atoms with Gasteiger partial charge in [-0.25, -0.2) is 4.98 Å². The van der Waals surface area contributed by atoms with Crippen LogP contribution in [0.2, 0.25) is 0 Å². The predicted molar refractivity (Wildman–Crippen MR) is 111 cm³/mol. The van der Waals surface area contributed by atoms with Gasteiger partial charge in [-0.3, -0.25) is 14.6 Å². The van der Waals surface area contributed by atoms with Gasteiger partial charge in [0.15, 0.2) is 5.82 Å². The summed E-state index contributed by atoms with van der Waals surface area (Å²) < 4.78 is 6.63. The summed E-state index contributed by atoms with van der Waals surface area (Å²) in [6.07, 6.45) is 6.46. The Hall–Kier alpha value is -2.52. The standard InChI is InChI=1S/C20H26N6O2S/c1-12-10-21-19(29-12)7-13-4-5-14(6-13)16-9-18(24-23-16)22-20(27)17-8-15(11-28-3)25-26(17)2/h8-10,13-14H,4-7,11H2,1-3H3,(H2,22,23,24,27)/t13-,14+/m1/s1. The zero-order valence-electron chi connectivity index (χ0n) is 16.9. The fourth-order valence-corrected chi connectivity index (χ4v) is 4.93. The zero-order chi connectivity index (χ0) is 20.4. The van der Waals surface area contributed by atoms with Crippen LogP contribution in [0.25, 0.3) is 0 Å². The van der Waals surface area contributed by atoms with Gasteiger partial charge >= 0.3 is 0 Å². The average Bonchev–Trinajstić information content (AvgIpc) is 3.45. The van der Waals surface area contributed by atoms with Crippen molar-refractivity contribution in [2.45, 2.75) is 45.1 Å². The highest BCUT2D eigenvalue weighted by atomic mass is 32.1. The zero-order valence-corrected chi connectivity index (χ0v) is 17.8. The quantitative estimate of drug-likeness (QED) is 0.617. The number of amides is 1. The fraction of sp³-hybridized carbons (Fsp3) is 0.500. The van der Waals surface area contributed by atoms with Crippen molar-refractivity contribution < 1.29 is 9.53 Å². The van der Waals surface area contributed by atoms with Gasteiger partial charge < -0.3 is 10.1 Å². The molecule has 2 atom stereocenters. The molecule has 29 heavy (non-hydrogen) atoms. The smallest absolute Gasteiger partial charge is 0.275 e. The first kappa shape index (κ1) is 19.8. The van der Waals surface area contributed by atoms with Gasteiger partial charge in [0.25, 0.3) is 5.91 Å². The highest BCUT2D eigenvalue weighted by molar-refractivity contribution is 7.11. The fourth-order valence-electron chi connectivity index (χ4n) is 4.03. The Morgan fingerprint density at radius 1 is 1.41 bits per heavy atom. The number of aromatic amines is 1. The van der Waals surface area contributed by atoms with E-state index in [-0.39, 0.29) is 5.91 Å². The molecular formula is C20H26N6O2S. The number of thiazole rings is 1. The molecule has 3 heterocycles. The Bertz CT molecular complexity index is 991. The molecule has 1 amide bonds. The molecule has 4 rings (SSSR count). The molecule has 1 fully saturated rings. The molecule has 2 N–H and O–H groups in total. The Morgan fingerprint density at radius 3 is 3.03 bits per heavy atom. The molecule has 1 aliphatic rings. The maximum atomic E-state index is 12.6. The molecule has 0 saturated heterocycles. The lowest BCUT2D eigenvalue weighted by Gasteiger charge is -2.08. The van der Waals surface area contributed by atoms with Crippen molar-refractivity contribution in [1.29, 1.82) is 0 Å². The number of carbonyl (C=O) groups is 1. The van der Waals surface area contributed by atoms with Crippen LogP contribution in [0.15, 0.2) is 18.3 Å². The number of hydrogen-bond acceptors (Lipinski definition) is 6. The van der Waals surface area contributed by atoms with Crippen LogP contribution in [-0.2, 0) is 24.8 Å². The molecule has 3 aromatic rings. The van der Waals surface area contributed by atoms with E-state index in [0.717, 1.165) is 30.7 Å². The largest absolute Gasteiger partial charge is 0.378 e. The van der Waals surface area contributed by atoms with Gasteiger partial charge in [-0.2, -0.15) is 10.2 Å². The molecule has 9 heteroatoms. The van der Waals surface area contributed by atoms with Crippen LogP contribution in [0.1, 0.15) is 56.9 Å². The molecule has 1 aliphatic carbocycles. The molecule has 0 spiro atoms. The van der Waals surface area contributed by atoms with Crippen molar-refractivity contribution in [1.82, 2.24) is 25.0 Å². The van der Waals surface area contributed by atoms with E-state index >= 15 is 0 Å². The molecule has 0 bridgehead atoms. The molecule has 0 aliphatic heterocycles. The first-order valence-corrected chi connectivity index (χ1v) is 10.6. The second-order valence-corrected chi connectivity index (χ2v) is 9.00. The Kier molecular flexibility index (Phi) is 5.77. The van der Waals surface area contributed by atoms with E-state index in [4.69, 9.17) is 4.74 Å². The topological polar surface area (TPSA) is 97.7 Å². The number of methoxy groups -OCH3 is 1. The summed E-state index contributed by atoms with van der Waals surface area (Å²) in [4.78, 5) is 18.3. The number of rotatable bonds is 7. The molecule has 154 valence electrons. The summed E-state index contributed by atoms with van der Waals surface area (Å²) in [7, 11) is 3.35. The van der Waals surface area contributed by atoms with Gasteiger partial charge in [0.05, 0.1) is 17.3 Å². The molecule has 0 unspecified atom stereocenters. The summed E-state index contributed by atoms with van der Waals surface area (Å²) in [5.41, 5.74) is 2.28. The van der Waals surface area contributed by atoms with Gasteiger partial charge in [-0.15, -0.1) is 11.3 Å². The van der Waals surface area contributed by atoms with Crippen molar-refractivity contribution in [3.05, 3.63) is 45.3 Å². The minimum atomic E-state index is -0.233. The van der Waals surface area contributed by atoms with Crippen LogP contribution < -0.4 is 5.32 Å². The summed E-state index contributed by atoms with van der Waals surface area (Å²) >= 11 is 1.79. The van der Waals surface area contributed by atoms with E-state index in [9.17, 15) is 4.79 Å². The third-order valence-electron chi connectivity index (χ3n) is 5.41. The van der Waals surface area contributed by atoms with Crippen molar-refractivity contribution in [3.8, 4) is 0 Å². The Balaban J connectivity index is 1.35. The molecule has 1 saturated carbocycles. The lowest BCUT2D eigenvalue weighted by atomic mass is 10.00. The first-order valence-electron chi connectivity index (χ1n) is 9.81. The van der Waals surface area contributed by atoms with E-state index in [2.05, 4.69) is 32.5 Å². The van der Waals surface area contributed by atoms with Crippen LogP contribution in [0.3, 0.4) is 0 Å². The number of hydrogen-bond donors (Lipinski definition) is 2. The van der Waals surface area contributed by atoms with Crippen LogP contribution in [0, 0.1) is 12.8 Å². The van der Waals surface area contributed by atoms with Gasteiger partial charge in [0.2, 0.25) is 0 Å². The number of aromatic nitrogens is 5. The minimum absolute atomic E-state index is 0.233. The average molecular weight is 415 g/mol. The SMILES string of the molecule is COCc1cc(C(=O)Nc2cc([C@H]3CC[C@@H](Cc4ncc(C)s4)C3)[nH]n2)n(C)n1. The highest BCUT2D eigenvalue weighted by Crippen LogP contribution is 2.39. The molecule has 0 aromatic carbocycles. The second kappa shape index (κ2) is 8.46. The minimum Gasteiger partial charge on any atom is -0.378 e. The van der Waals surface area contributed by atoms with E-state index in [1.54, 1.807) is 36.2 Å². The Morgan fingerprint density at radius 2 is 2.28 bits per heavy atom. The Labute approximate surface area is 173 Å². The van der Waals surface area contributed by atoms with Gasteiger partial charge in [0, 0.05) is 49.3 Å². The number of nitrogens with zero attached hydrogens (tertiary/aromatic N) is 4. The number of carbonyl (C=O) groups excluding carboxylic acids is 1. The first-order chi connectivity index (χ1) is 14.0. The molecule has 0 radical (unpaired) electrons. The lowest BCUT2D eigenvalue weighted by Crippen LogP contribution is -2.16. The maximum Gasteiger partial charge on any atom is 0.275 e. The number of H-pyrrole nitrogens is 1. The highest BCUT2D eigenvalue weighted by Gasteiger charge is 2.28. The van der Waals surface area contributed by atoms with E-state index in [0.29, 0.717) is 30.0 Å². The summed E-state index contributed by atoms with van der Waals surface area (Å²) in [6.45, 7) is 2.47. The maximum absolute atomic E-state index is 12.6. The third-order valence-corrected chi connectivity index (χ3v) is 6.34. The van der Waals surface area contributed by atoms with Crippen molar-refractivity contribution in [2.24, 2.45) is 13.0 Å². The van der Waals surface area contributed by atoms with Crippen LogP contribution in [0.4, 0.5) is 5.82 Å². The monoisotopic (exact) mass is 414 g/mol. The normalized spacial score (nSPS) is 19.0. The van der Waals surface area contributed by atoms with E-state index < -0.39 is 0 Å². The molecule has 3 aromatic heterocycles. The number of aryl methyl sites for hydroxylation is 2. The summed E-state index contributed by atoms with van der Waals surface area (Å²) in [6, 6.07) is 3.68. The van der Waals surface area contributed by atoms with E-state index in [1.807, 2.05) is 12.3 Å². The number of nitrogens with one attached hydrogen (secondary N) is 2. The predicted octanol–water partition coefficient (Wildman–Crippen LogP) is 3.43. The summed E-state index contributed by atoms with van der Waals surface area (Å²) in [5, 5.41) is 15.8. The van der Waals surface area contributed by atoms with Crippen LogP contribution in [-0.4, -0.2) is 38.0 Å². The van der Waals surface area contributed by atoms with Gasteiger partial charge in [-0.05, 0) is 38.2 Å². The van der Waals surface area contributed by atoms with E-state index in [1.165, 1.54) is 16.3 Å². The number of ether oxygens (including phenoxy) is 1. The summed E-state index contributed by atoms with van der Waals surface area (Å²) in [5.74, 6) is 1.41. The van der Waals surface area contributed by atoms with Crippen LogP contribution in [0.5, 0.6) is 0 Å². The van der Waals surface area contributed by atoms with Gasteiger partial charge in [-0.1, -0.05) is 0 Å². The molecule has 8 nitrogen and oxygen atoms in total. The number of anilines is 1. The van der Waals surface area contributed by atoms with Crippen molar-refractivity contribution in [3.63, 3.8) is 0 Å². The third kappa shape index (κ3) is 4.56. The lowest BCUT2D eigenvalue weighted by molar-refractivity contribution is 0.101. The van der Waals surface area contributed by atoms with Crippen LogP contribution >= 0.6 is 11.3 Å². The molecular weight excluding hydrogens is 388 g/mol. The van der Waals surface area contributed by atoms with Gasteiger partial charge in [0.1, 0.15) is 5.69 Å². The van der Waals surface area contributed by atoms with Crippen molar-refractivity contribution >= 4 is 23.1 Å².